The minimum absolute atomic E-state index is 0.0784. The molecule has 0 spiro atoms. The van der Waals surface area contributed by atoms with Gasteiger partial charge in [-0.1, -0.05) is 35.9 Å². The van der Waals surface area contributed by atoms with E-state index >= 15 is 0 Å². The van der Waals surface area contributed by atoms with E-state index in [2.05, 4.69) is 0 Å². The van der Waals surface area contributed by atoms with Crippen LogP contribution in [0.15, 0.2) is 66.7 Å². The summed E-state index contributed by atoms with van der Waals surface area (Å²) in [5.74, 6) is -0.243. The Balaban J connectivity index is 1.87. The van der Waals surface area contributed by atoms with Crippen molar-refractivity contribution in [2.75, 3.05) is 0 Å². The standard InChI is InChI=1S/C20H14ClFO3/c21-15-7-8-19(22)18(12-15)14-4-2-6-17(11-14)25-16-5-1-3-13(9-16)10-20(23)24/h1-9,11-12H,10H2,(H,23,24). The predicted octanol–water partition coefficient (Wildman–Crippen LogP) is 5.57. The third kappa shape index (κ3) is 4.37. The van der Waals surface area contributed by atoms with Crippen LogP contribution < -0.4 is 4.74 Å². The predicted molar refractivity (Wildman–Crippen MR) is 94.7 cm³/mol. The van der Waals surface area contributed by atoms with Crippen LogP contribution in [0.4, 0.5) is 4.39 Å². The van der Waals surface area contributed by atoms with Crippen LogP contribution in [0, 0.1) is 5.82 Å². The van der Waals surface area contributed by atoms with Gasteiger partial charge in [0.05, 0.1) is 6.42 Å². The van der Waals surface area contributed by atoms with Gasteiger partial charge in [-0.15, -0.1) is 0 Å². The van der Waals surface area contributed by atoms with Crippen molar-refractivity contribution in [2.45, 2.75) is 6.42 Å². The molecule has 0 atom stereocenters. The Labute approximate surface area is 149 Å². The minimum atomic E-state index is -0.907. The lowest BCUT2D eigenvalue weighted by atomic mass is 10.0. The second-order valence-corrected chi connectivity index (χ2v) is 5.91. The highest BCUT2D eigenvalue weighted by Gasteiger charge is 2.08. The molecule has 3 nitrogen and oxygen atoms in total. The molecule has 3 rings (SSSR count). The number of carboxylic acid groups (broad SMARTS) is 1. The molecular weight excluding hydrogens is 343 g/mol. The first-order valence-corrected chi connectivity index (χ1v) is 7.93. The molecule has 0 heterocycles. The van der Waals surface area contributed by atoms with Gasteiger partial charge in [-0.3, -0.25) is 4.79 Å². The number of rotatable bonds is 5. The minimum Gasteiger partial charge on any atom is -0.481 e. The zero-order valence-electron chi connectivity index (χ0n) is 13.1. The first kappa shape index (κ1) is 17.0. The van der Waals surface area contributed by atoms with E-state index in [0.717, 1.165) is 0 Å². The highest BCUT2D eigenvalue weighted by molar-refractivity contribution is 6.30. The summed E-state index contributed by atoms with van der Waals surface area (Å²) in [6.07, 6.45) is -0.0784. The Kier molecular flexibility index (Phi) is 5.00. The van der Waals surface area contributed by atoms with Crippen molar-refractivity contribution in [2.24, 2.45) is 0 Å². The summed E-state index contributed by atoms with van der Waals surface area (Å²) in [6, 6.07) is 18.2. The van der Waals surface area contributed by atoms with Crippen molar-refractivity contribution < 1.29 is 19.0 Å². The van der Waals surface area contributed by atoms with Gasteiger partial charge in [0.25, 0.3) is 0 Å². The number of benzene rings is 3. The van der Waals surface area contributed by atoms with E-state index in [1.54, 1.807) is 54.6 Å². The monoisotopic (exact) mass is 356 g/mol. The molecule has 0 saturated carbocycles. The van der Waals surface area contributed by atoms with Crippen LogP contribution in [0.25, 0.3) is 11.1 Å². The van der Waals surface area contributed by atoms with Crippen molar-refractivity contribution in [3.05, 3.63) is 83.1 Å². The topological polar surface area (TPSA) is 46.5 Å². The van der Waals surface area contributed by atoms with Crippen LogP contribution in [-0.4, -0.2) is 11.1 Å². The molecular formula is C20H14ClFO3. The van der Waals surface area contributed by atoms with Gasteiger partial charge in [0.15, 0.2) is 0 Å². The van der Waals surface area contributed by atoms with Gasteiger partial charge < -0.3 is 9.84 Å². The molecule has 0 aliphatic carbocycles. The molecule has 0 radical (unpaired) electrons. The van der Waals surface area contributed by atoms with E-state index in [9.17, 15) is 9.18 Å². The number of ether oxygens (including phenoxy) is 1. The zero-order chi connectivity index (χ0) is 17.8. The molecule has 3 aromatic carbocycles. The van der Waals surface area contributed by atoms with E-state index in [-0.39, 0.29) is 12.2 Å². The third-order valence-corrected chi connectivity index (χ3v) is 3.80. The molecule has 3 aromatic rings. The van der Waals surface area contributed by atoms with Crippen molar-refractivity contribution in [3.8, 4) is 22.6 Å². The number of carboxylic acids is 1. The van der Waals surface area contributed by atoms with E-state index < -0.39 is 5.97 Å². The van der Waals surface area contributed by atoms with Gasteiger partial charge in [-0.05, 0) is 53.6 Å². The summed E-state index contributed by atoms with van der Waals surface area (Å²) < 4.78 is 19.8. The molecule has 126 valence electrons. The summed E-state index contributed by atoms with van der Waals surface area (Å²) >= 11 is 5.95. The van der Waals surface area contributed by atoms with Crippen molar-refractivity contribution >= 4 is 17.6 Å². The normalized spacial score (nSPS) is 10.5. The van der Waals surface area contributed by atoms with Crippen molar-refractivity contribution in [1.29, 1.82) is 0 Å². The number of halogens is 2. The molecule has 5 heteroatoms. The van der Waals surface area contributed by atoms with Crippen molar-refractivity contribution in [3.63, 3.8) is 0 Å². The number of hydrogen-bond donors (Lipinski definition) is 1. The summed E-state index contributed by atoms with van der Waals surface area (Å²) in [4.78, 5) is 10.8. The van der Waals surface area contributed by atoms with Crippen LogP contribution in [-0.2, 0) is 11.2 Å². The molecule has 0 aliphatic rings. The van der Waals surface area contributed by atoms with Crippen LogP contribution >= 0.6 is 11.6 Å². The first-order valence-electron chi connectivity index (χ1n) is 7.55. The number of hydrogen-bond acceptors (Lipinski definition) is 2. The fourth-order valence-electron chi connectivity index (χ4n) is 2.48. The van der Waals surface area contributed by atoms with E-state index in [0.29, 0.717) is 33.2 Å². The van der Waals surface area contributed by atoms with Crippen LogP contribution in [0.2, 0.25) is 5.02 Å². The maximum Gasteiger partial charge on any atom is 0.307 e. The summed E-state index contributed by atoms with van der Waals surface area (Å²) in [7, 11) is 0. The fraction of sp³-hybridized carbons (Fsp3) is 0.0500. The highest BCUT2D eigenvalue weighted by Crippen LogP contribution is 2.30. The van der Waals surface area contributed by atoms with Gasteiger partial charge >= 0.3 is 5.97 Å². The van der Waals surface area contributed by atoms with E-state index in [4.69, 9.17) is 21.4 Å². The van der Waals surface area contributed by atoms with Gasteiger partial charge in [0.2, 0.25) is 0 Å². The maximum atomic E-state index is 14.0. The molecule has 0 amide bonds. The summed E-state index contributed by atoms with van der Waals surface area (Å²) in [5, 5.41) is 9.32. The zero-order valence-corrected chi connectivity index (χ0v) is 13.8. The number of carbonyl (C=O) groups is 1. The Morgan fingerprint density at radius 1 is 1.00 bits per heavy atom. The fourth-order valence-corrected chi connectivity index (χ4v) is 2.65. The third-order valence-electron chi connectivity index (χ3n) is 3.56. The average molecular weight is 357 g/mol. The molecule has 0 aromatic heterocycles. The lowest BCUT2D eigenvalue weighted by molar-refractivity contribution is -0.136. The molecule has 0 aliphatic heterocycles. The van der Waals surface area contributed by atoms with Crippen molar-refractivity contribution in [1.82, 2.24) is 0 Å². The largest absolute Gasteiger partial charge is 0.481 e. The Bertz CT molecular complexity index is 924. The number of aliphatic carboxylic acids is 1. The smallest absolute Gasteiger partial charge is 0.307 e. The molecule has 0 saturated heterocycles. The Morgan fingerprint density at radius 3 is 2.48 bits per heavy atom. The second kappa shape index (κ2) is 7.36. The summed E-state index contributed by atoms with van der Waals surface area (Å²) in [5.41, 5.74) is 1.67. The van der Waals surface area contributed by atoms with Gasteiger partial charge in [0, 0.05) is 10.6 Å². The lowest BCUT2D eigenvalue weighted by Gasteiger charge is -2.10. The van der Waals surface area contributed by atoms with Crippen LogP contribution in [0.3, 0.4) is 0 Å². The van der Waals surface area contributed by atoms with Gasteiger partial charge in [-0.25, -0.2) is 4.39 Å². The van der Waals surface area contributed by atoms with Gasteiger partial charge in [-0.2, -0.15) is 0 Å². The van der Waals surface area contributed by atoms with E-state index in [1.165, 1.54) is 12.1 Å². The molecule has 0 unspecified atom stereocenters. The SMILES string of the molecule is O=C(O)Cc1cccc(Oc2cccc(-c3cc(Cl)ccc3F)c2)c1. The van der Waals surface area contributed by atoms with Crippen LogP contribution in [0.5, 0.6) is 11.5 Å². The highest BCUT2D eigenvalue weighted by atomic mass is 35.5. The second-order valence-electron chi connectivity index (χ2n) is 5.47. The van der Waals surface area contributed by atoms with E-state index in [1.807, 2.05) is 0 Å². The molecule has 25 heavy (non-hydrogen) atoms. The first-order chi connectivity index (χ1) is 12.0. The van der Waals surface area contributed by atoms with Gasteiger partial charge in [0.1, 0.15) is 17.3 Å². The Hall–Kier alpha value is -2.85. The Morgan fingerprint density at radius 2 is 1.72 bits per heavy atom. The maximum absolute atomic E-state index is 14.0. The lowest BCUT2D eigenvalue weighted by Crippen LogP contribution is -1.99. The van der Waals surface area contributed by atoms with Crippen LogP contribution in [0.1, 0.15) is 5.56 Å². The quantitative estimate of drug-likeness (QED) is 0.650. The summed E-state index contributed by atoms with van der Waals surface area (Å²) in [6.45, 7) is 0. The molecule has 1 N–H and O–H groups in total. The molecule has 0 bridgehead atoms. The molecule has 0 fully saturated rings. The average Bonchev–Trinajstić information content (AvgIpc) is 2.57.